The van der Waals surface area contributed by atoms with E-state index in [-0.39, 0.29) is 11.3 Å². The number of amides is 1. The zero-order valence-corrected chi connectivity index (χ0v) is 14.0. The van der Waals surface area contributed by atoms with Gasteiger partial charge < -0.3 is 9.47 Å². The first kappa shape index (κ1) is 15.4. The molecule has 0 bridgehead atoms. The molecule has 2 heterocycles. The predicted molar refractivity (Wildman–Crippen MR) is 94.9 cm³/mol. The van der Waals surface area contributed by atoms with E-state index in [2.05, 4.69) is 4.90 Å². The quantitative estimate of drug-likeness (QED) is 0.851. The van der Waals surface area contributed by atoms with Crippen molar-refractivity contribution in [3.05, 3.63) is 46.8 Å². The van der Waals surface area contributed by atoms with Crippen LogP contribution >= 0.6 is 0 Å². The number of hydrogen-bond donors (Lipinski definition) is 0. The van der Waals surface area contributed by atoms with Crippen LogP contribution in [0.3, 0.4) is 0 Å². The molecule has 0 N–H and O–H groups in total. The maximum absolute atomic E-state index is 13.0. The third kappa shape index (κ3) is 2.74. The smallest absolute Gasteiger partial charge is 0.242 e. The molecule has 126 valence electrons. The van der Waals surface area contributed by atoms with Crippen LogP contribution in [0.5, 0.6) is 0 Å². The lowest BCUT2D eigenvalue weighted by atomic mass is 9.78. The lowest BCUT2D eigenvalue weighted by Gasteiger charge is -2.44. The van der Waals surface area contributed by atoms with Crippen LogP contribution in [0.4, 0.5) is 0 Å². The highest BCUT2D eigenvalue weighted by atomic mass is 16.2. The van der Waals surface area contributed by atoms with E-state index in [1.165, 1.54) is 25.7 Å². The molecular weight excluding hydrogens is 300 g/mol. The molecule has 4 nitrogen and oxygen atoms in total. The first-order valence-corrected chi connectivity index (χ1v) is 9.12. The van der Waals surface area contributed by atoms with Gasteiger partial charge >= 0.3 is 0 Å². The minimum atomic E-state index is 0.0135. The number of pyridine rings is 1. The van der Waals surface area contributed by atoms with Crippen molar-refractivity contribution in [3.63, 3.8) is 0 Å². The summed E-state index contributed by atoms with van der Waals surface area (Å²) in [6.07, 6.45) is 9.13. The first-order chi connectivity index (χ1) is 11.7. The van der Waals surface area contributed by atoms with Gasteiger partial charge in [0.2, 0.25) is 5.91 Å². The Morgan fingerprint density at radius 1 is 1.04 bits per heavy atom. The second kappa shape index (κ2) is 6.42. The molecule has 1 aromatic heterocycles. The number of aromatic nitrogens is 1. The number of nitrogens with zero attached hydrogens (tertiary/aromatic N) is 2. The number of piperidine rings is 1. The van der Waals surface area contributed by atoms with Gasteiger partial charge in [-0.25, -0.2) is 0 Å². The molecule has 2 aliphatic rings. The fourth-order valence-corrected chi connectivity index (χ4v) is 4.57. The Morgan fingerprint density at radius 2 is 1.83 bits per heavy atom. The number of rotatable bonds is 2. The van der Waals surface area contributed by atoms with E-state index in [4.69, 9.17) is 0 Å². The van der Waals surface area contributed by atoms with E-state index in [0.717, 1.165) is 24.9 Å². The van der Waals surface area contributed by atoms with Crippen LogP contribution in [0.15, 0.2) is 41.3 Å². The molecule has 1 aliphatic heterocycles. The molecule has 4 heteroatoms. The fraction of sp³-hybridized carbons (Fsp3) is 0.500. The van der Waals surface area contributed by atoms with Crippen molar-refractivity contribution in [3.8, 4) is 0 Å². The highest BCUT2D eigenvalue weighted by molar-refractivity contribution is 5.82. The van der Waals surface area contributed by atoms with Gasteiger partial charge in [-0.1, -0.05) is 25.0 Å². The molecule has 2 atom stereocenters. The summed E-state index contributed by atoms with van der Waals surface area (Å²) in [5.41, 5.74) is 0.857. The summed E-state index contributed by atoms with van der Waals surface area (Å²) in [6, 6.07) is 9.54. The standard InChI is InChI=1S/C20H24N2O2/c23-19-11-13-21(18-10-4-2-8-16(18)19)14-20(24)22-12-5-7-15-6-1-3-9-17(15)22/h2,4,8,10-11,13,15,17H,1,3,5-7,9,12,14H2/t15-,17+/m0/s1. The molecule has 1 amide bonds. The molecule has 1 aromatic carbocycles. The Balaban J connectivity index is 1.60. The van der Waals surface area contributed by atoms with Crippen LogP contribution in [0.25, 0.3) is 10.9 Å². The third-order valence-electron chi connectivity index (χ3n) is 5.75. The lowest BCUT2D eigenvalue weighted by molar-refractivity contribution is -0.138. The minimum Gasteiger partial charge on any atom is -0.338 e. The largest absolute Gasteiger partial charge is 0.338 e. The summed E-state index contributed by atoms with van der Waals surface area (Å²) in [4.78, 5) is 27.1. The van der Waals surface area contributed by atoms with E-state index < -0.39 is 0 Å². The number of benzene rings is 1. The van der Waals surface area contributed by atoms with Gasteiger partial charge in [-0.2, -0.15) is 0 Å². The Bertz CT molecular complexity index is 809. The molecule has 1 aliphatic carbocycles. The van der Waals surface area contributed by atoms with Gasteiger partial charge in [0.15, 0.2) is 5.43 Å². The second-order valence-electron chi connectivity index (χ2n) is 7.17. The maximum Gasteiger partial charge on any atom is 0.242 e. The van der Waals surface area contributed by atoms with Gasteiger partial charge in [0, 0.05) is 30.2 Å². The van der Waals surface area contributed by atoms with Gasteiger partial charge in [0.1, 0.15) is 6.54 Å². The molecular formula is C20H24N2O2. The van der Waals surface area contributed by atoms with Crippen LogP contribution < -0.4 is 5.43 Å². The average molecular weight is 324 g/mol. The number of carbonyl (C=O) groups is 1. The number of fused-ring (bicyclic) bond motifs is 2. The third-order valence-corrected chi connectivity index (χ3v) is 5.75. The Morgan fingerprint density at radius 3 is 2.75 bits per heavy atom. The summed E-state index contributed by atoms with van der Waals surface area (Å²) < 4.78 is 1.92. The lowest BCUT2D eigenvalue weighted by Crippen LogP contribution is -2.50. The van der Waals surface area contributed by atoms with Crippen LogP contribution in [-0.2, 0) is 11.3 Å². The monoisotopic (exact) mass is 324 g/mol. The summed E-state index contributed by atoms with van der Waals surface area (Å²) in [5, 5.41) is 0.682. The van der Waals surface area contributed by atoms with Crippen molar-refractivity contribution in [2.75, 3.05) is 6.54 Å². The van der Waals surface area contributed by atoms with Crippen LogP contribution in [0.2, 0.25) is 0 Å². The maximum atomic E-state index is 13.0. The summed E-state index contributed by atoms with van der Waals surface area (Å²) in [5.74, 6) is 0.891. The van der Waals surface area contributed by atoms with Gasteiger partial charge in [-0.15, -0.1) is 0 Å². The molecule has 0 radical (unpaired) electrons. The number of para-hydroxylation sites is 1. The topological polar surface area (TPSA) is 42.3 Å². The molecule has 0 unspecified atom stereocenters. The molecule has 0 spiro atoms. The predicted octanol–water partition coefficient (Wildman–Crippen LogP) is 3.18. The average Bonchev–Trinajstić information content (AvgIpc) is 2.64. The van der Waals surface area contributed by atoms with Crippen molar-refractivity contribution in [1.29, 1.82) is 0 Å². The zero-order chi connectivity index (χ0) is 16.5. The van der Waals surface area contributed by atoms with E-state index in [9.17, 15) is 9.59 Å². The van der Waals surface area contributed by atoms with Crippen molar-refractivity contribution in [1.82, 2.24) is 9.47 Å². The molecule has 4 rings (SSSR count). The van der Waals surface area contributed by atoms with Crippen LogP contribution in [0, 0.1) is 5.92 Å². The minimum absolute atomic E-state index is 0.0135. The Kier molecular flexibility index (Phi) is 4.13. The van der Waals surface area contributed by atoms with Gasteiger partial charge in [0.05, 0.1) is 5.52 Å². The number of carbonyl (C=O) groups excluding carboxylic acids is 1. The molecule has 24 heavy (non-hydrogen) atoms. The number of likely N-dealkylation sites (tertiary alicyclic amines) is 1. The number of hydrogen-bond acceptors (Lipinski definition) is 2. The highest BCUT2D eigenvalue weighted by Crippen LogP contribution is 2.35. The molecule has 1 saturated carbocycles. The Hall–Kier alpha value is -2.10. The van der Waals surface area contributed by atoms with Crippen LogP contribution in [-0.4, -0.2) is 28.0 Å². The van der Waals surface area contributed by atoms with Gasteiger partial charge in [0.25, 0.3) is 0 Å². The molecule has 1 saturated heterocycles. The zero-order valence-electron chi connectivity index (χ0n) is 14.0. The van der Waals surface area contributed by atoms with E-state index >= 15 is 0 Å². The van der Waals surface area contributed by atoms with Crippen molar-refractivity contribution in [2.45, 2.75) is 51.1 Å². The van der Waals surface area contributed by atoms with Crippen molar-refractivity contribution in [2.24, 2.45) is 5.92 Å². The summed E-state index contributed by atoms with van der Waals surface area (Å²) >= 11 is 0. The highest BCUT2D eigenvalue weighted by Gasteiger charge is 2.35. The SMILES string of the molecule is O=C(Cn1ccc(=O)c2ccccc21)N1CCC[C@@H]2CCCC[C@H]21. The van der Waals surface area contributed by atoms with Gasteiger partial charge in [-0.05, 0) is 43.7 Å². The van der Waals surface area contributed by atoms with E-state index in [0.29, 0.717) is 23.9 Å². The fourth-order valence-electron chi connectivity index (χ4n) is 4.57. The van der Waals surface area contributed by atoms with E-state index in [1.807, 2.05) is 28.8 Å². The van der Waals surface area contributed by atoms with Crippen molar-refractivity contribution >= 4 is 16.8 Å². The second-order valence-corrected chi connectivity index (χ2v) is 7.17. The first-order valence-electron chi connectivity index (χ1n) is 9.12. The summed E-state index contributed by atoms with van der Waals surface area (Å²) in [6.45, 7) is 1.21. The van der Waals surface area contributed by atoms with Gasteiger partial charge in [-0.3, -0.25) is 9.59 Å². The Labute approximate surface area is 142 Å². The summed E-state index contributed by atoms with van der Waals surface area (Å²) in [7, 11) is 0. The van der Waals surface area contributed by atoms with E-state index in [1.54, 1.807) is 12.3 Å². The molecule has 2 fully saturated rings. The van der Waals surface area contributed by atoms with Crippen molar-refractivity contribution < 1.29 is 4.79 Å². The molecule has 2 aromatic rings. The van der Waals surface area contributed by atoms with Crippen LogP contribution in [0.1, 0.15) is 38.5 Å². The normalized spacial score (nSPS) is 23.9.